The lowest BCUT2D eigenvalue weighted by Gasteiger charge is -2.19. The van der Waals surface area contributed by atoms with Crippen molar-refractivity contribution in [2.75, 3.05) is 13.1 Å². The van der Waals surface area contributed by atoms with Gasteiger partial charge >= 0.3 is 0 Å². The molecule has 0 spiro atoms. The summed E-state index contributed by atoms with van der Waals surface area (Å²) in [6, 6.07) is 9.12. The summed E-state index contributed by atoms with van der Waals surface area (Å²) in [6.07, 6.45) is 3.78. The lowest BCUT2D eigenvalue weighted by molar-refractivity contribution is -0.121. The normalized spacial score (nSPS) is 18.7. The zero-order chi connectivity index (χ0) is 15.3. The molecule has 2 N–H and O–H groups in total. The Balaban J connectivity index is 1.73. The van der Waals surface area contributed by atoms with Crippen molar-refractivity contribution in [3.05, 3.63) is 35.4 Å². The molecule has 0 aliphatic carbocycles. The van der Waals surface area contributed by atoms with Gasteiger partial charge in [-0.25, -0.2) is 0 Å². The Bertz CT molecular complexity index is 453. The van der Waals surface area contributed by atoms with Crippen LogP contribution in [0.4, 0.5) is 0 Å². The standard InChI is InChI=1S/C18H28N2O/c1-18(2,3)15-9-6-14(7-10-15)8-11-17(21)20-13-16-5-4-12-19-16/h6-7,9-10,16,19H,4-5,8,11-13H2,1-3H3,(H,20,21). The zero-order valence-electron chi connectivity index (χ0n) is 13.5. The molecule has 1 aromatic rings. The van der Waals surface area contributed by atoms with Crippen molar-refractivity contribution in [3.63, 3.8) is 0 Å². The predicted octanol–water partition coefficient (Wildman–Crippen LogP) is 2.78. The fourth-order valence-corrected chi connectivity index (χ4v) is 2.69. The Morgan fingerprint density at radius 1 is 1.29 bits per heavy atom. The second-order valence-corrected chi connectivity index (χ2v) is 7.04. The predicted molar refractivity (Wildman–Crippen MR) is 87.5 cm³/mol. The highest BCUT2D eigenvalue weighted by Crippen LogP contribution is 2.22. The first-order valence-corrected chi connectivity index (χ1v) is 8.04. The maximum absolute atomic E-state index is 11.9. The van der Waals surface area contributed by atoms with Crippen molar-refractivity contribution < 1.29 is 4.79 Å². The molecule has 0 radical (unpaired) electrons. The highest BCUT2D eigenvalue weighted by Gasteiger charge is 2.15. The average Bonchev–Trinajstić information content (AvgIpc) is 2.95. The van der Waals surface area contributed by atoms with E-state index in [4.69, 9.17) is 0 Å². The van der Waals surface area contributed by atoms with Crippen LogP contribution >= 0.6 is 0 Å². The Morgan fingerprint density at radius 3 is 2.57 bits per heavy atom. The van der Waals surface area contributed by atoms with Gasteiger partial charge in [0.25, 0.3) is 0 Å². The summed E-state index contributed by atoms with van der Waals surface area (Å²) in [5.41, 5.74) is 2.75. The number of nitrogens with one attached hydrogen (secondary N) is 2. The van der Waals surface area contributed by atoms with Gasteiger partial charge in [0.15, 0.2) is 0 Å². The number of amides is 1. The largest absolute Gasteiger partial charge is 0.355 e. The van der Waals surface area contributed by atoms with Crippen molar-refractivity contribution in [1.82, 2.24) is 10.6 Å². The molecule has 1 heterocycles. The molecule has 0 bridgehead atoms. The summed E-state index contributed by atoms with van der Waals surface area (Å²) in [5.74, 6) is 0.156. The maximum Gasteiger partial charge on any atom is 0.220 e. The van der Waals surface area contributed by atoms with Crippen LogP contribution in [0.3, 0.4) is 0 Å². The van der Waals surface area contributed by atoms with Gasteiger partial charge in [0.05, 0.1) is 0 Å². The van der Waals surface area contributed by atoms with Gasteiger partial charge in [-0.2, -0.15) is 0 Å². The van der Waals surface area contributed by atoms with E-state index in [1.54, 1.807) is 0 Å². The zero-order valence-corrected chi connectivity index (χ0v) is 13.5. The third-order valence-electron chi connectivity index (χ3n) is 4.17. The van der Waals surface area contributed by atoms with E-state index in [1.807, 2.05) is 0 Å². The van der Waals surface area contributed by atoms with Crippen molar-refractivity contribution in [1.29, 1.82) is 0 Å². The summed E-state index contributed by atoms with van der Waals surface area (Å²) >= 11 is 0. The molecular formula is C18H28N2O. The van der Waals surface area contributed by atoms with E-state index in [1.165, 1.54) is 24.0 Å². The SMILES string of the molecule is CC(C)(C)c1ccc(CCC(=O)NCC2CCCN2)cc1. The van der Waals surface area contributed by atoms with Gasteiger partial charge in [0.2, 0.25) is 5.91 Å². The van der Waals surface area contributed by atoms with Crippen LogP contribution in [0.5, 0.6) is 0 Å². The van der Waals surface area contributed by atoms with E-state index < -0.39 is 0 Å². The highest BCUT2D eigenvalue weighted by atomic mass is 16.1. The van der Waals surface area contributed by atoms with E-state index in [2.05, 4.69) is 55.7 Å². The van der Waals surface area contributed by atoms with Gasteiger partial charge < -0.3 is 10.6 Å². The Morgan fingerprint density at radius 2 is 2.00 bits per heavy atom. The number of carbonyl (C=O) groups is 1. The van der Waals surface area contributed by atoms with Crippen molar-refractivity contribution in [2.24, 2.45) is 0 Å². The number of benzene rings is 1. The Hall–Kier alpha value is -1.35. The monoisotopic (exact) mass is 288 g/mol. The van der Waals surface area contributed by atoms with Gasteiger partial charge in [-0.1, -0.05) is 45.0 Å². The lowest BCUT2D eigenvalue weighted by Crippen LogP contribution is -2.37. The van der Waals surface area contributed by atoms with E-state index in [0.29, 0.717) is 12.5 Å². The fourth-order valence-electron chi connectivity index (χ4n) is 2.69. The van der Waals surface area contributed by atoms with Gasteiger partial charge in [-0.15, -0.1) is 0 Å². The average molecular weight is 288 g/mol. The maximum atomic E-state index is 11.9. The fraction of sp³-hybridized carbons (Fsp3) is 0.611. The number of aryl methyl sites for hydroxylation is 1. The molecule has 3 heteroatoms. The molecule has 2 rings (SSSR count). The Kier molecular flexibility index (Phi) is 5.40. The van der Waals surface area contributed by atoms with Gasteiger partial charge in [-0.3, -0.25) is 4.79 Å². The number of carbonyl (C=O) groups excluding carboxylic acids is 1. The van der Waals surface area contributed by atoms with Crippen molar-refractivity contribution in [3.8, 4) is 0 Å². The molecule has 1 fully saturated rings. The minimum absolute atomic E-state index is 0.156. The minimum Gasteiger partial charge on any atom is -0.355 e. The second-order valence-electron chi connectivity index (χ2n) is 7.04. The van der Waals surface area contributed by atoms with Crippen LogP contribution in [0.15, 0.2) is 24.3 Å². The molecule has 1 aromatic carbocycles. The van der Waals surface area contributed by atoms with Crippen LogP contribution in [0.1, 0.15) is 51.2 Å². The molecule has 1 aliphatic heterocycles. The smallest absolute Gasteiger partial charge is 0.220 e. The molecule has 0 aromatic heterocycles. The molecule has 21 heavy (non-hydrogen) atoms. The van der Waals surface area contributed by atoms with Crippen LogP contribution < -0.4 is 10.6 Å². The van der Waals surface area contributed by atoms with Gasteiger partial charge in [0.1, 0.15) is 0 Å². The number of hydrogen-bond donors (Lipinski definition) is 2. The molecule has 1 atom stereocenters. The van der Waals surface area contributed by atoms with E-state index in [9.17, 15) is 4.79 Å². The van der Waals surface area contributed by atoms with Crippen LogP contribution in [0, 0.1) is 0 Å². The molecule has 3 nitrogen and oxygen atoms in total. The topological polar surface area (TPSA) is 41.1 Å². The number of rotatable bonds is 5. The molecule has 1 unspecified atom stereocenters. The Labute approximate surface area is 128 Å². The van der Waals surface area contributed by atoms with E-state index in [0.717, 1.165) is 19.5 Å². The summed E-state index contributed by atoms with van der Waals surface area (Å²) in [4.78, 5) is 11.9. The van der Waals surface area contributed by atoms with Crippen LogP contribution in [-0.2, 0) is 16.6 Å². The third kappa shape index (κ3) is 5.16. The number of hydrogen-bond acceptors (Lipinski definition) is 2. The molecule has 1 aliphatic rings. The molecule has 0 saturated carbocycles. The summed E-state index contributed by atoms with van der Waals surface area (Å²) in [5, 5.41) is 6.42. The first-order chi connectivity index (χ1) is 9.95. The first-order valence-electron chi connectivity index (χ1n) is 8.04. The summed E-state index contributed by atoms with van der Waals surface area (Å²) < 4.78 is 0. The van der Waals surface area contributed by atoms with Crippen LogP contribution in [0.25, 0.3) is 0 Å². The lowest BCUT2D eigenvalue weighted by atomic mass is 9.86. The molecule has 1 amide bonds. The van der Waals surface area contributed by atoms with E-state index in [-0.39, 0.29) is 11.3 Å². The minimum atomic E-state index is 0.156. The highest BCUT2D eigenvalue weighted by molar-refractivity contribution is 5.76. The molecule has 1 saturated heterocycles. The summed E-state index contributed by atoms with van der Waals surface area (Å²) in [7, 11) is 0. The first kappa shape index (κ1) is 16.0. The quantitative estimate of drug-likeness (QED) is 0.875. The van der Waals surface area contributed by atoms with Crippen molar-refractivity contribution in [2.45, 2.75) is 57.9 Å². The van der Waals surface area contributed by atoms with Crippen molar-refractivity contribution >= 4 is 5.91 Å². The van der Waals surface area contributed by atoms with Crippen LogP contribution in [-0.4, -0.2) is 25.0 Å². The van der Waals surface area contributed by atoms with E-state index >= 15 is 0 Å². The molecular weight excluding hydrogens is 260 g/mol. The summed E-state index contributed by atoms with van der Waals surface area (Å²) in [6.45, 7) is 8.49. The van der Waals surface area contributed by atoms with Gasteiger partial charge in [0, 0.05) is 19.0 Å². The second kappa shape index (κ2) is 7.08. The van der Waals surface area contributed by atoms with Gasteiger partial charge in [-0.05, 0) is 42.3 Å². The molecule has 116 valence electrons. The van der Waals surface area contributed by atoms with Crippen LogP contribution in [0.2, 0.25) is 0 Å². The third-order valence-corrected chi connectivity index (χ3v) is 4.17.